The lowest BCUT2D eigenvalue weighted by atomic mass is 10.1. The van der Waals surface area contributed by atoms with E-state index in [0.29, 0.717) is 18.2 Å². The van der Waals surface area contributed by atoms with Crippen molar-refractivity contribution in [2.75, 3.05) is 32.1 Å². The third kappa shape index (κ3) is 5.74. The molecule has 25 heavy (non-hydrogen) atoms. The molecule has 0 unspecified atom stereocenters. The first kappa shape index (κ1) is 18.7. The Balaban J connectivity index is 1.87. The van der Waals surface area contributed by atoms with Gasteiger partial charge in [-0.2, -0.15) is 0 Å². The summed E-state index contributed by atoms with van der Waals surface area (Å²) in [5.41, 5.74) is 1.53. The van der Waals surface area contributed by atoms with Crippen molar-refractivity contribution < 1.29 is 9.53 Å². The summed E-state index contributed by atoms with van der Waals surface area (Å²) in [4.78, 5) is 22.9. The van der Waals surface area contributed by atoms with E-state index in [9.17, 15) is 4.79 Å². The van der Waals surface area contributed by atoms with Gasteiger partial charge in [-0.15, -0.1) is 0 Å². The molecule has 0 aliphatic heterocycles. The van der Waals surface area contributed by atoms with Crippen LogP contribution in [0.2, 0.25) is 0 Å². The number of carbonyl (C=O) groups is 1. The van der Waals surface area contributed by atoms with Gasteiger partial charge in [0.25, 0.3) is 5.91 Å². The number of rotatable bonds is 9. The highest BCUT2D eigenvalue weighted by atomic mass is 16.5. The second-order valence-corrected chi connectivity index (χ2v) is 5.87. The van der Waals surface area contributed by atoms with Crippen LogP contribution in [0.25, 0.3) is 0 Å². The van der Waals surface area contributed by atoms with Crippen LogP contribution in [0.15, 0.2) is 36.5 Å². The van der Waals surface area contributed by atoms with Crippen molar-refractivity contribution in [1.82, 2.24) is 15.3 Å². The van der Waals surface area contributed by atoms with Crippen molar-refractivity contribution in [3.05, 3.63) is 47.8 Å². The molecule has 0 atom stereocenters. The molecule has 1 aromatic heterocycles. The van der Waals surface area contributed by atoms with Crippen molar-refractivity contribution in [1.29, 1.82) is 0 Å². The van der Waals surface area contributed by atoms with E-state index < -0.39 is 0 Å². The Morgan fingerprint density at radius 2 is 2.00 bits per heavy atom. The minimum absolute atomic E-state index is 0.180. The maximum Gasteiger partial charge on any atom is 0.270 e. The quantitative estimate of drug-likeness (QED) is 0.759. The Morgan fingerprint density at radius 1 is 1.24 bits per heavy atom. The standard InChI is InChI=1S/C19H26N4O2/c1-4-5-14-23(2)19-21-13-11-17(22-19)18(24)20-12-10-15-6-8-16(25-3)9-7-15/h6-9,11,13H,4-5,10,12,14H2,1-3H3,(H,20,24). The first-order chi connectivity index (χ1) is 12.1. The van der Waals surface area contributed by atoms with Crippen LogP contribution in [-0.2, 0) is 6.42 Å². The minimum atomic E-state index is -0.180. The molecule has 0 aliphatic rings. The fourth-order valence-electron chi connectivity index (χ4n) is 2.36. The molecule has 0 bridgehead atoms. The lowest BCUT2D eigenvalue weighted by Crippen LogP contribution is -2.28. The predicted molar refractivity (Wildman–Crippen MR) is 99.2 cm³/mol. The molecule has 0 spiro atoms. The number of nitrogens with one attached hydrogen (secondary N) is 1. The van der Waals surface area contributed by atoms with Crippen LogP contribution < -0.4 is 15.0 Å². The number of benzene rings is 1. The van der Waals surface area contributed by atoms with Gasteiger partial charge in [0.2, 0.25) is 5.95 Å². The normalized spacial score (nSPS) is 10.4. The summed E-state index contributed by atoms with van der Waals surface area (Å²) in [6, 6.07) is 9.47. The lowest BCUT2D eigenvalue weighted by Gasteiger charge is -2.16. The van der Waals surface area contributed by atoms with Gasteiger partial charge in [0.05, 0.1) is 7.11 Å². The molecule has 1 amide bonds. The van der Waals surface area contributed by atoms with E-state index in [4.69, 9.17) is 4.74 Å². The molecular formula is C19H26N4O2. The van der Waals surface area contributed by atoms with E-state index in [2.05, 4.69) is 22.2 Å². The van der Waals surface area contributed by atoms with E-state index in [-0.39, 0.29) is 5.91 Å². The largest absolute Gasteiger partial charge is 0.497 e. The first-order valence-corrected chi connectivity index (χ1v) is 8.59. The Labute approximate surface area is 149 Å². The van der Waals surface area contributed by atoms with Crippen LogP contribution in [-0.4, -0.2) is 43.1 Å². The van der Waals surface area contributed by atoms with Crippen LogP contribution in [0.4, 0.5) is 5.95 Å². The number of hydrogen-bond acceptors (Lipinski definition) is 5. The Kier molecular flexibility index (Phi) is 7.19. The number of nitrogens with zero attached hydrogens (tertiary/aromatic N) is 3. The third-order valence-corrected chi connectivity index (χ3v) is 3.92. The summed E-state index contributed by atoms with van der Waals surface area (Å²) in [6.45, 7) is 3.57. The molecule has 0 radical (unpaired) electrons. The highest BCUT2D eigenvalue weighted by molar-refractivity contribution is 5.92. The van der Waals surface area contributed by atoms with Gasteiger partial charge in [-0.3, -0.25) is 4.79 Å². The summed E-state index contributed by atoms with van der Waals surface area (Å²) in [5.74, 6) is 1.23. The molecule has 1 aromatic carbocycles. The Hall–Kier alpha value is -2.63. The molecule has 0 fully saturated rings. The van der Waals surface area contributed by atoms with Gasteiger partial charge >= 0.3 is 0 Å². The van der Waals surface area contributed by atoms with E-state index in [1.54, 1.807) is 19.4 Å². The topological polar surface area (TPSA) is 67.4 Å². The second kappa shape index (κ2) is 9.61. The number of methoxy groups -OCH3 is 1. The highest BCUT2D eigenvalue weighted by Gasteiger charge is 2.10. The van der Waals surface area contributed by atoms with Crippen molar-refractivity contribution >= 4 is 11.9 Å². The number of hydrogen-bond donors (Lipinski definition) is 1. The number of carbonyl (C=O) groups excluding carboxylic acids is 1. The zero-order valence-corrected chi connectivity index (χ0v) is 15.2. The number of aromatic nitrogens is 2. The van der Waals surface area contributed by atoms with Gasteiger partial charge in [0, 0.05) is 26.3 Å². The highest BCUT2D eigenvalue weighted by Crippen LogP contribution is 2.11. The zero-order valence-electron chi connectivity index (χ0n) is 15.2. The minimum Gasteiger partial charge on any atom is -0.497 e. The van der Waals surface area contributed by atoms with Gasteiger partial charge < -0.3 is 15.0 Å². The summed E-state index contributed by atoms with van der Waals surface area (Å²) in [6.07, 6.45) is 4.56. The van der Waals surface area contributed by atoms with Crippen molar-refractivity contribution in [2.24, 2.45) is 0 Å². The zero-order chi connectivity index (χ0) is 18.1. The molecule has 2 rings (SSSR count). The molecule has 2 aromatic rings. The molecular weight excluding hydrogens is 316 g/mol. The van der Waals surface area contributed by atoms with Crippen LogP contribution in [0.1, 0.15) is 35.8 Å². The molecule has 0 saturated carbocycles. The summed E-state index contributed by atoms with van der Waals surface area (Å²) in [7, 11) is 3.58. The van der Waals surface area contributed by atoms with Crippen molar-refractivity contribution in [3.8, 4) is 5.75 Å². The molecule has 0 aliphatic carbocycles. The lowest BCUT2D eigenvalue weighted by molar-refractivity contribution is 0.0949. The number of ether oxygens (including phenoxy) is 1. The molecule has 1 heterocycles. The average Bonchev–Trinajstić information content (AvgIpc) is 2.66. The third-order valence-electron chi connectivity index (χ3n) is 3.92. The smallest absolute Gasteiger partial charge is 0.270 e. The fraction of sp³-hybridized carbons (Fsp3) is 0.421. The van der Waals surface area contributed by atoms with E-state index in [1.165, 1.54) is 0 Å². The van der Waals surface area contributed by atoms with Gasteiger partial charge in [-0.1, -0.05) is 25.5 Å². The predicted octanol–water partition coefficient (Wildman–Crippen LogP) is 2.69. The van der Waals surface area contributed by atoms with E-state index in [0.717, 1.165) is 37.1 Å². The summed E-state index contributed by atoms with van der Waals surface area (Å²) >= 11 is 0. The number of amides is 1. The van der Waals surface area contributed by atoms with Crippen LogP contribution >= 0.6 is 0 Å². The number of anilines is 1. The maximum atomic E-state index is 12.3. The number of unbranched alkanes of at least 4 members (excludes halogenated alkanes) is 1. The van der Waals surface area contributed by atoms with Gasteiger partial charge in [0.15, 0.2) is 0 Å². The van der Waals surface area contributed by atoms with E-state index in [1.807, 2.05) is 36.2 Å². The first-order valence-electron chi connectivity index (χ1n) is 8.59. The fourth-order valence-corrected chi connectivity index (χ4v) is 2.36. The van der Waals surface area contributed by atoms with Crippen LogP contribution in [0, 0.1) is 0 Å². The summed E-state index contributed by atoms with van der Waals surface area (Å²) < 4.78 is 5.14. The van der Waals surface area contributed by atoms with Crippen molar-refractivity contribution in [3.63, 3.8) is 0 Å². The Morgan fingerprint density at radius 3 is 2.68 bits per heavy atom. The average molecular weight is 342 g/mol. The van der Waals surface area contributed by atoms with E-state index >= 15 is 0 Å². The monoisotopic (exact) mass is 342 g/mol. The Bertz CT molecular complexity index is 673. The molecule has 0 saturated heterocycles. The second-order valence-electron chi connectivity index (χ2n) is 5.87. The molecule has 134 valence electrons. The van der Waals surface area contributed by atoms with Crippen LogP contribution in [0.3, 0.4) is 0 Å². The SMILES string of the molecule is CCCCN(C)c1nccc(C(=O)NCCc2ccc(OC)cc2)n1. The molecule has 6 nitrogen and oxygen atoms in total. The van der Waals surface area contributed by atoms with Gasteiger partial charge in [0.1, 0.15) is 11.4 Å². The van der Waals surface area contributed by atoms with Gasteiger partial charge in [-0.05, 0) is 36.6 Å². The van der Waals surface area contributed by atoms with Crippen LogP contribution in [0.5, 0.6) is 5.75 Å². The molecule has 6 heteroatoms. The summed E-state index contributed by atoms with van der Waals surface area (Å²) in [5, 5.41) is 2.91. The molecule has 1 N–H and O–H groups in total. The van der Waals surface area contributed by atoms with Gasteiger partial charge in [-0.25, -0.2) is 9.97 Å². The van der Waals surface area contributed by atoms with Crippen molar-refractivity contribution in [2.45, 2.75) is 26.2 Å². The maximum absolute atomic E-state index is 12.3.